The Labute approximate surface area is 172 Å². The van der Waals surface area contributed by atoms with Crippen LogP contribution in [0.25, 0.3) is 11.6 Å². The molecule has 2 aromatic heterocycles. The van der Waals surface area contributed by atoms with Gasteiger partial charge in [0.05, 0.1) is 0 Å². The molecule has 3 fully saturated rings. The Balaban J connectivity index is 1.19. The summed E-state index contributed by atoms with van der Waals surface area (Å²) < 4.78 is 7.84. The van der Waals surface area contributed by atoms with Crippen molar-refractivity contribution in [3.8, 4) is 11.6 Å². The molecule has 3 aliphatic rings. The molecule has 1 amide bonds. The number of nitrogens with zero attached hydrogens (tertiary/aromatic N) is 5. The van der Waals surface area contributed by atoms with Gasteiger partial charge in [-0.1, -0.05) is 25.7 Å². The molecule has 0 spiro atoms. The van der Waals surface area contributed by atoms with Crippen molar-refractivity contribution in [3.05, 3.63) is 24.2 Å². The highest BCUT2D eigenvalue weighted by Gasteiger charge is 2.28. The van der Waals surface area contributed by atoms with Crippen LogP contribution in [0.1, 0.15) is 63.2 Å². The fraction of sp³-hybridized carbons (Fsp3) is 0.682. The highest BCUT2D eigenvalue weighted by molar-refractivity contribution is 5.76. The Bertz CT molecular complexity index is 826. The Morgan fingerprint density at radius 3 is 2.52 bits per heavy atom. The molecule has 1 aliphatic heterocycles. The van der Waals surface area contributed by atoms with Gasteiger partial charge in [-0.15, -0.1) is 10.2 Å². The first-order valence-corrected chi connectivity index (χ1v) is 11.3. The smallest absolute Gasteiger partial charge is 0.264 e. The molecule has 156 valence electrons. The average molecular weight is 398 g/mol. The lowest BCUT2D eigenvalue weighted by atomic mass is 9.85. The molecule has 3 heterocycles. The summed E-state index contributed by atoms with van der Waals surface area (Å²) >= 11 is 0. The van der Waals surface area contributed by atoms with Crippen LogP contribution in [-0.2, 0) is 11.3 Å². The van der Waals surface area contributed by atoms with Gasteiger partial charge in [-0.25, -0.2) is 0 Å². The number of hydrogen-bond donors (Lipinski definition) is 0. The number of carbonyl (C=O) groups is 1. The van der Waals surface area contributed by atoms with E-state index in [0.29, 0.717) is 18.4 Å². The first kappa shape index (κ1) is 18.9. The number of rotatable bonds is 5. The number of aromatic nitrogens is 3. The van der Waals surface area contributed by atoms with Gasteiger partial charge in [0.15, 0.2) is 0 Å². The standard InChI is InChI=1S/C22H31N5O2/c28-20(26-14-12-25(13-15-26)18-8-2-1-3-9-18)16-27-11-5-10-19(27)22-24-23-21(29-22)17-6-4-7-17/h5,10-11,17-18H,1-4,6-9,12-16H2. The first-order valence-electron chi connectivity index (χ1n) is 11.3. The summed E-state index contributed by atoms with van der Waals surface area (Å²) in [5, 5.41) is 8.46. The topological polar surface area (TPSA) is 67.4 Å². The molecular weight excluding hydrogens is 366 g/mol. The van der Waals surface area contributed by atoms with Crippen molar-refractivity contribution < 1.29 is 9.21 Å². The lowest BCUT2D eigenvalue weighted by Gasteiger charge is -2.40. The third-order valence-corrected chi connectivity index (χ3v) is 7.01. The van der Waals surface area contributed by atoms with E-state index in [2.05, 4.69) is 15.1 Å². The summed E-state index contributed by atoms with van der Waals surface area (Å²) in [4.78, 5) is 17.5. The van der Waals surface area contributed by atoms with E-state index in [9.17, 15) is 4.79 Å². The summed E-state index contributed by atoms with van der Waals surface area (Å²) in [6.07, 6.45) is 12.2. The summed E-state index contributed by atoms with van der Waals surface area (Å²) in [6.45, 7) is 4.00. The number of piperazine rings is 1. The molecule has 2 aromatic rings. The van der Waals surface area contributed by atoms with E-state index in [1.165, 1.54) is 38.5 Å². The van der Waals surface area contributed by atoms with Crippen molar-refractivity contribution in [1.29, 1.82) is 0 Å². The quantitative estimate of drug-likeness (QED) is 0.775. The van der Waals surface area contributed by atoms with Crippen molar-refractivity contribution in [1.82, 2.24) is 24.6 Å². The van der Waals surface area contributed by atoms with E-state index in [0.717, 1.165) is 56.6 Å². The lowest BCUT2D eigenvalue weighted by molar-refractivity contribution is -0.134. The predicted octanol–water partition coefficient (Wildman–Crippen LogP) is 3.28. The molecule has 0 radical (unpaired) electrons. The second-order valence-electron chi connectivity index (χ2n) is 8.80. The van der Waals surface area contributed by atoms with Crippen molar-refractivity contribution >= 4 is 5.91 Å². The minimum Gasteiger partial charge on any atom is -0.419 e. The van der Waals surface area contributed by atoms with Crippen LogP contribution in [0.5, 0.6) is 0 Å². The van der Waals surface area contributed by atoms with Gasteiger partial charge in [0.1, 0.15) is 12.2 Å². The highest BCUT2D eigenvalue weighted by Crippen LogP contribution is 2.36. The van der Waals surface area contributed by atoms with Crippen LogP contribution in [0, 0.1) is 0 Å². The van der Waals surface area contributed by atoms with Gasteiger partial charge < -0.3 is 13.9 Å². The molecule has 0 N–H and O–H groups in total. The zero-order chi connectivity index (χ0) is 19.6. The Kier molecular flexibility index (Phi) is 5.40. The lowest BCUT2D eigenvalue weighted by Crippen LogP contribution is -2.52. The third kappa shape index (κ3) is 3.97. The summed E-state index contributed by atoms with van der Waals surface area (Å²) in [6, 6.07) is 4.63. The monoisotopic (exact) mass is 397 g/mol. The fourth-order valence-corrected chi connectivity index (χ4v) is 4.93. The number of carbonyl (C=O) groups excluding carboxylic acids is 1. The molecule has 0 aromatic carbocycles. The fourth-order valence-electron chi connectivity index (χ4n) is 4.93. The maximum absolute atomic E-state index is 12.9. The highest BCUT2D eigenvalue weighted by atomic mass is 16.4. The summed E-state index contributed by atoms with van der Waals surface area (Å²) in [5.41, 5.74) is 0.831. The minimum absolute atomic E-state index is 0.171. The van der Waals surface area contributed by atoms with Gasteiger partial charge in [0.25, 0.3) is 5.89 Å². The maximum Gasteiger partial charge on any atom is 0.264 e. The van der Waals surface area contributed by atoms with Crippen molar-refractivity contribution in [3.63, 3.8) is 0 Å². The van der Waals surface area contributed by atoms with Gasteiger partial charge in [-0.05, 0) is 37.8 Å². The Hall–Kier alpha value is -2.15. The van der Waals surface area contributed by atoms with Crippen LogP contribution in [-0.4, -0.2) is 62.7 Å². The first-order chi connectivity index (χ1) is 14.3. The third-order valence-electron chi connectivity index (χ3n) is 7.01. The molecule has 2 aliphatic carbocycles. The van der Waals surface area contributed by atoms with Crippen molar-refractivity contribution in [2.75, 3.05) is 26.2 Å². The molecule has 29 heavy (non-hydrogen) atoms. The van der Waals surface area contributed by atoms with Crippen LogP contribution < -0.4 is 0 Å². The van der Waals surface area contributed by atoms with Gasteiger partial charge in [0.2, 0.25) is 11.8 Å². The van der Waals surface area contributed by atoms with Gasteiger partial charge in [-0.3, -0.25) is 9.69 Å². The van der Waals surface area contributed by atoms with E-state index >= 15 is 0 Å². The van der Waals surface area contributed by atoms with Crippen LogP contribution >= 0.6 is 0 Å². The molecular formula is C22H31N5O2. The zero-order valence-electron chi connectivity index (χ0n) is 17.1. The summed E-state index contributed by atoms with van der Waals surface area (Å²) in [7, 11) is 0. The second-order valence-corrected chi connectivity index (χ2v) is 8.80. The van der Waals surface area contributed by atoms with Crippen LogP contribution in [0.2, 0.25) is 0 Å². The number of hydrogen-bond acceptors (Lipinski definition) is 5. The van der Waals surface area contributed by atoms with Crippen LogP contribution in [0.3, 0.4) is 0 Å². The molecule has 5 rings (SSSR count). The van der Waals surface area contributed by atoms with Gasteiger partial charge in [0, 0.05) is 44.3 Å². The van der Waals surface area contributed by atoms with E-state index < -0.39 is 0 Å². The van der Waals surface area contributed by atoms with Crippen molar-refractivity contribution in [2.45, 2.75) is 69.9 Å². The van der Waals surface area contributed by atoms with Gasteiger partial charge in [-0.2, -0.15) is 0 Å². The van der Waals surface area contributed by atoms with Gasteiger partial charge >= 0.3 is 0 Å². The summed E-state index contributed by atoms with van der Waals surface area (Å²) in [5.74, 6) is 1.85. The van der Waals surface area contributed by atoms with E-state index in [4.69, 9.17) is 4.42 Å². The number of amides is 1. The maximum atomic E-state index is 12.9. The van der Waals surface area contributed by atoms with Crippen LogP contribution in [0.15, 0.2) is 22.7 Å². The second kappa shape index (κ2) is 8.30. The molecule has 7 heteroatoms. The Morgan fingerprint density at radius 2 is 1.79 bits per heavy atom. The molecule has 0 bridgehead atoms. The predicted molar refractivity (Wildman–Crippen MR) is 109 cm³/mol. The Morgan fingerprint density at radius 1 is 1.00 bits per heavy atom. The molecule has 2 saturated carbocycles. The normalized spacial score (nSPS) is 22.0. The zero-order valence-corrected chi connectivity index (χ0v) is 17.1. The SMILES string of the molecule is O=C(Cn1cccc1-c1nnc(C2CCC2)o1)N1CCN(C2CCCCC2)CC1. The van der Waals surface area contributed by atoms with E-state index in [1.807, 2.05) is 27.8 Å². The minimum atomic E-state index is 0.171. The van der Waals surface area contributed by atoms with Crippen molar-refractivity contribution in [2.24, 2.45) is 0 Å². The largest absolute Gasteiger partial charge is 0.419 e. The molecule has 0 unspecified atom stereocenters. The molecule has 0 atom stereocenters. The van der Waals surface area contributed by atoms with Crippen LogP contribution in [0.4, 0.5) is 0 Å². The molecule has 1 saturated heterocycles. The van der Waals surface area contributed by atoms with E-state index in [1.54, 1.807) is 0 Å². The van der Waals surface area contributed by atoms with E-state index in [-0.39, 0.29) is 5.91 Å². The molecule has 7 nitrogen and oxygen atoms in total. The average Bonchev–Trinajstić information content (AvgIpc) is 3.37.